The lowest BCUT2D eigenvalue weighted by Crippen LogP contribution is -1.86. The summed E-state index contributed by atoms with van der Waals surface area (Å²) in [5.41, 5.74) is 8.27. The number of rotatable bonds is 9. The van der Waals surface area contributed by atoms with Gasteiger partial charge in [0.2, 0.25) is 0 Å². The van der Waals surface area contributed by atoms with Crippen LogP contribution in [0.1, 0.15) is 15.0 Å². The summed E-state index contributed by atoms with van der Waals surface area (Å²) < 4.78 is 13.5. The molecule has 0 saturated carbocycles. The molecule has 10 rings (SSSR count). The van der Waals surface area contributed by atoms with Crippen LogP contribution in [0.5, 0.6) is 0 Å². The number of aromatic nitrogens is 12. The van der Waals surface area contributed by atoms with E-state index >= 15 is 0 Å². The highest BCUT2D eigenvalue weighted by atomic mass is 32.1. The highest BCUT2D eigenvalue weighted by Gasteiger charge is 2.19. The molecule has 276 valence electrons. The minimum absolute atomic E-state index is 0.706. The van der Waals surface area contributed by atoms with Crippen molar-refractivity contribution < 1.29 is 0 Å². The van der Waals surface area contributed by atoms with Gasteiger partial charge in [0.25, 0.3) is 0 Å². The molecule has 0 unspecified atom stereocenters. The van der Waals surface area contributed by atoms with Crippen LogP contribution in [0.25, 0.3) is 97.6 Å². The van der Waals surface area contributed by atoms with Gasteiger partial charge in [-0.1, -0.05) is 88.6 Å². The summed E-state index contributed by atoms with van der Waals surface area (Å²) in [5, 5.41) is 35.3. The monoisotopic (exact) mass is 852 g/mol. The Bertz CT molecular complexity index is 2730. The van der Waals surface area contributed by atoms with Gasteiger partial charge in [0.15, 0.2) is 17.5 Å². The van der Waals surface area contributed by atoms with Crippen molar-refractivity contribution in [1.82, 2.24) is 58.7 Å². The van der Waals surface area contributed by atoms with E-state index < -0.39 is 0 Å². The Balaban J connectivity index is 1.03. The quantitative estimate of drug-likeness (QED) is 0.136. The van der Waals surface area contributed by atoms with Crippen molar-refractivity contribution in [2.75, 3.05) is 0 Å². The fraction of sp³-hybridized carbons (Fsp3) is 0.0769. The molecule has 57 heavy (non-hydrogen) atoms. The van der Waals surface area contributed by atoms with Gasteiger partial charge < -0.3 is 0 Å². The summed E-state index contributed by atoms with van der Waals surface area (Å²) >= 11 is 8.71. The lowest BCUT2D eigenvalue weighted by molar-refractivity contribution is 1.09. The molecule has 6 heterocycles. The van der Waals surface area contributed by atoms with Crippen LogP contribution < -0.4 is 0 Å². The number of hydrogen-bond donors (Lipinski definition) is 0. The second-order valence-corrected chi connectivity index (χ2v) is 18.5. The van der Waals surface area contributed by atoms with Crippen LogP contribution in [-0.4, -0.2) is 58.7 Å². The van der Waals surface area contributed by atoms with E-state index in [4.69, 9.17) is 0 Å². The average Bonchev–Trinajstić information content (AvgIpc) is 4.10. The van der Waals surface area contributed by atoms with Gasteiger partial charge in [-0.15, -0.1) is 30.6 Å². The Kier molecular flexibility index (Phi) is 9.35. The van der Waals surface area contributed by atoms with E-state index in [1.54, 1.807) is 0 Å². The maximum atomic E-state index is 4.68. The van der Waals surface area contributed by atoms with Gasteiger partial charge in [-0.2, -0.15) is 13.1 Å². The van der Waals surface area contributed by atoms with Crippen LogP contribution >= 0.6 is 68.6 Å². The smallest absolute Gasteiger partial charge is 0.173 e. The molecule has 0 bridgehead atoms. The molecule has 0 fully saturated rings. The van der Waals surface area contributed by atoms with Crippen LogP contribution in [0, 0.1) is 20.8 Å². The third-order valence-electron chi connectivity index (χ3n) is 8.63. The molecule has 10 aromatic rings. The molecule has 12 nitrogen and oxygen atoms in total. The number of benzene rings is 4. The molecular formula is C39H24N12S6. The minimum Gasteiger partial charge on any atom is -0.220 e. The molecule has 0 aliphatic carbocycles. The van der Waals surface area contributed by atoms with Crippen molar-refractivity contribution in [1.29, 1.82) is 0 Å². The molecule has 0 N–H and O–H groups in total. The first kappa shape index (κ1) is 35.6. The van der Waals surface area contributed by atoms with Crippen molar-refractivity contribution in [2.45, 2.75) is 20.8 Å². The lowest BCUT2D eigenvalue weighted by Gasteiger charge is -2.05. The van der Waals surface area contributed by atoms with Gasteiger partial charge in [-0.3, -0.25) is 0 Å². The molecule has 0 spiro atoms. The number of hydrogen-bond acceptors (Lipinski definition) is 18. The van der Waals surface area contributed by atoms with E-state index in [1.807, 2.05) is 75.4 Å². The summed E-state index contributed by atoms with van der Waals surface area (Å²) in [6, 6.07) is 30.5. The molecule has 0 aliphatic heterocycles. The molecule has 6 aromatic heterocycles. The molecule has 4 aromatic carbocycles. The van der Waals surface area contributed by atoms with Crippen molar-refractivity contribution in [3.05, 3.63) is 106 Å². The SMILES string of the molecule is Cc1nc(-c2cccc(-c3nnc(-c4cc(-c5nnc(-c6cccc(-c7nsc(C)n7)c6)s5)cc(-c5nnc(-c6cccc(-c7nsc(C)n7)c6)s5)c4)s3)c2)ns1. The molecule has 0 atom stereocenters. The fourth-order valence-electron chi connectivity index (χ4n) is 5.99. The Morgan fingerprint density at radius 3 is 0.825 bits per heavy atom. The zero-order valence-electron chi connectivity index (χ0n) is 30.0. The van der Waals surface area contributed by atoms with E-state index in [-0.39, 0.29) is 0 Å². The fourth-order valence-corrected chi connectivity index (χ4v) is 9.95. The van der Waals surface area contributed by atoms with E-state index in [1.165, 1.54) is 68.6 Å². The minimum atomic E-state index is 0.706. The Labute approximate surface area is 349 Å². The van der Waals surface area contributed by atoms with Crippen LogP contribution in [0.3, 0.4) is 0 Å². The van der Waals surface area contributed by atoms with Crippen LogP contribution in [0.4, 0.5) is 0 Å². The lowest BCUT2D eigenvalue weighted by atomic mass is 10.1. The Hall–Kier alpha value is -5.76. The average molecular weight is 853 g/mol. The zero-order valence-corrected chi connectivity index (χ0v) is 34.9. The Morgan fingerprint density at radius 1 is 0.316 bits per heavy atom. The van der Waals surface area contributed by atoms with E-state index in [9.17, 15) is 0 Å². The molecular weight excluding hydrogens is 829 g/mol. The predicted octanol–water partition coefficient (Wildman–Crippen LogP) is 10.7. The second-order valence-electron chi connectivity index (χ2n) is 12.7. The topological polar surface area (TPSA) is 155 Å². The summed E-state index contributed by atoms with van der Waals surface area (Å²) in [4.78, 5) is 13.7. The van der Waals surface area contributed by atoms with Gasteiger partial charge in [-0.25, -0.2) is 15.0 Å². The van der Waals surface area contributed by atoms with Crippen LogP contribution in [0.2, 0.25) is 0 Å². The summed E-state index contributed by atoms with van der Waals surface area (Å²) in [7, 11) is 0. The highest BCUT2D eigenvalue weighted by Crippen LogP contribution is 2.40. The first-order valence-electron chi connectivity index (χ1n) is 17.3. The van der Waals surface area contributed by atoms with Gasteiger partial charge in [-0.05, 0) is 91.8 Å². The first-order valence-corrected chi connectivity index (χ1v) is 22.1. The summed E-state index contributed by atoms with van der Waals surface area (Å²) in [5.74, 6) is 2.12. The third kappa shape index (κ3) is 7.34. The zero-order chi connectivity index (χ0) is 38.5. The van der Waals surface area contributed by atoms with E-state index in [0.717, 1.165) is 95.1 Å². The van der Waals surface area contributed by atoms with Crippen LogP contribution in [0.15, 0.2) is 91.0 Å². The summed E-state index contributed by atoms with van der Waals surface area (Å²) in [6.07, 6.45) is 0. The molecule has 0 radical (unpaired) electrons. The van der Waals surface area contributed by atoms with Crippen molar-refractivity contribution >= 4 is 68.6 Å². The van der Waals surface area contributed by atoms with Gasteiger partial charge >= 0.3 is 0 Å². The largest absolute Gasteiger partial charge is 0.220 e. The van der Waals surface area contributed by atoms with Crippen molar-refractivity contribution in [3.8, 4) is 97.6 Å². The van der Waals surface area contributed by atoms with Gasteiger partial charge in [0.05, 0.1) is 0 Å². The van der Waals surface area contributed by atoms with Gasteiger partial charge in [0, 0.05) is 50.1 Å². The maximum absolute atomic E-state index is 4.68. The highest BCUT2D eigenvalue weighted by molar-refractivity contribution is 7.19. The first-order chi connectivity index (χ1) is 27.9. The second kappa shape index (κ2) is 15.0. The maximum Gasteiger partial charge on any atom is 0.173 e. The van der Waals surface area contributed by atoms with Crippen molar-refractivity contribution in [3.63, 3.8) is 0 Å². The predicted molar refractivity (Wildman–Crippen MR) is 230 cm³/mol. The van der Waals surface area contributed by atoms with E-state index in [0.29, 0.717) is 17.5 Å². The normalized spacial score (nSPS) is 11.4. The Morgan fingerprint density at radius 2 is 0.561 bits per heavy atom. The van der Waals surface area contributed by atoms with Crippen LogP contribution in [-0.2, 0) is 0 Å². The number of nitrogens with zero attached hydrogens (tertiary/aromatic N) is 12. The molecule has 18 heteroatoms. The van der Waals surface area contributed by atoms with Gasteiger partial charge in [0.1, 0.15) is 45.1 Å². The summed E-state index contributed by atoms with van der Waals surface area (Å²) in [6.45, 7) is 5.86. The third-order valence-corrected chi connectivity index (χ3v) is 13.6. The molecule has 0 amide bonds. The molecule has 0 saturated heterocycles. The number of aryl methyl sites for hydroxylation is 3. The van der Waals surface area contributed by atoms with E-state index in [2.05, 4.69) is 95.1 Å². The standard InChI is InChI=1S/C39H24N12S6/c1-19-40-31(49-55-19)22-7-4-10-25(13-22)34-43-46-37(52-34)28-16-29(38-47-44-35(53-38)26-11-5-8-23(14-26)32-41-20(2)56-50-32)18-30(17-28)39-48-45-36(54-39)27-12-6-9-24(15-27)33-42-21(3)57-51-33/h4-18H,1-3H3. The van der Waals surface area contributed by atoms with Crippen molar-refractivity contribution in [2.24, 2.45) is 0 Å². The molecule has 0 aliphatic rings.